The molecule has 1 saturated carbocycles. The number of carbonyl (C=O) groups is 1. The van der Waals surface area contributed by atoms with Crippen LogP contribution in [-0.2, 0) is 4.79 Å². The van der Waals surface area contributed by atoms with E-state index in [-0.39, 0.29) is 17.9 Å². The van der Waals surface area contributed by atoms with Gasteiger partial charge in [-0.2, -0.15) is 5.10 Å². The minimum atomic E-state index is 0.0271. The molecule has 5 nitrogen and oxygen atoms in total. The smallest absolute Gasteiger partial charge is 0.223 e. The zero-order chi connectivity index (χ0) is 15.4. The Kier molecular flexibility index (Phi) is 4.51. The summed E-state index contributed by atoms with van der Waals surface area (Å²) in [4.78, 5) is 16.2. The lowest BCUT2D eigenvalue weighted by atomic mass is 9.88. The number of amides is 1. The molecule has 1 heterocycles. The fraction of sp³-hybridized carbons (Fsp3) is 0.471. The first kappa shape index (κ1) is 14.8. The number of nitrogens with zero attached hydrogens (tertiary/aromatic N) is 3. The first-order valence-electron chi connectivity index (χ1n) is 7.99. The molecule has 3 rings (SSSR count). The quantitative estimate of drug-likeness (QED) is 0.944. The predicted molar refractivity (Wildman–Crippen MR) is 84.5 cm³/mol. The lowest BCUT2D eigenvalue weighted by molar-refractivity contribution is -0.126. The molecule has 1 aliphatic rings. The molecule has 0 saturated heterocycles. The van der Waals surface area contributed by atoms with Gasteiger partial charge in [0.2, 0.25) is 5.91 Å². The minimum absolute atomic E-state index is 0.0271. The van der Waals surface area contributed by atoms with Crippen molar-refractivity contribution in [3.05, 3.63) is 42.5 Å². The highest BCUT2D eigenvalue weighted by atomic mass is 16.1. The Morgan fingerprint density at radius 1 is 1.23 bits per heavy atom. The van der Waals surface area contributed by atoms with Crippen LogP contribution in [0.25, 0.3) is 5.69 Å². The van der Waals surface area contributed by atoms with Crippen molar-refractivity contribution in [2.45, 2.75) is 45.1 Å². The van der Waals surface area contributed by atoms with Gasteiger partial charge in [-0.05, 0) is 37.5 Å². The molecule has 116 valence electrons. The van der Waals surface area contributed by atoms with Crippen LogP contribution >= 0.6 is 0 Å². The second kappa shape index (κ2) is 6.73. The highest BCUT2D eigenvalue weighted by Crippen LogP contribution is 2.25. The van der Waals surface area contributed by atoms with E-state index in [1.165, 1.54) is 25.6 Å². The van der Waals surface area contributed by atoms with Crippen LogP contribution in [0, 0.1) is 5.92 Å². The number of hydrogen-bond acceptors (Lipinski definition) is 3. The SMILES string of the molecule is C[C@@H](NC(=O)C1CCCCC1)c1ccc(-n2cncn2)cc1. The lowest BCUT2D eigenvalue weighted by Gasteiger charge is -2.23. The maximum absolute atomic E-state index is 12.3. The third kappa shape index (κ3) is 3.35. The van der Waals surface area contributed by atoms with Crippen LogP contribution in [0.1, 0.15) is 50.6 Å². The normalized spacial score (nSPS) is 17.1. The molecule has 1 atom stereocenters. The van der Waals surface area contributed by atoms with E-state index in [1.807, 2.05) is 31.2 Å². The molecule has 22 heavy (non-hydrogen) atoms. The number of carbonyl (C=O) groups excluding carboxylic acids is 1. The Labute approximate surface area is 130 Å². The molecular weight excluding hydrogens is 276 g/mol. The van der Waals surface area contributed by atoms with Gasteiger partial charge in [0.25, 0.3) is 0 Å². The Morgan fingerprint density at radius 3 is 2.59 bits per heavy atom. The van der Waals surface area contributed by atoms with Crippen molar-refractivity contribution >= 4 is 5.91 Å². The van der Waals surface area contributed by atoms with Crippen LogP contribution in [0.2, 0.25) is 0 Å². The summed E-state index contributed by atoms with van der Waals surface area (Å²) in [6, 6.07) is 8.07. The van der Waals surface area contributed by atoms with Gasteiger partial charge in [-0.15, -0.1) is 0 Å². The molecule has 1 aliphatic carbocycles. The van der Waals surface area contributed by atoms with E-state index < -0.39 is 0 Å². The fourth-order valence-electron chi connectivity index (χ4n) is 3.04. The Bertz CT molecular complexity index is 600. The van der Waals surface area contributed by atoms with Gasteiger partial charge in [-0.1, -0.05) is 31.4 Å². The fourth-order valence-corrected chi connectivity index (χ4v) is 3.04. The Balaban J connectivity index is 1.62. The number of benzene rings is 1. The highest BCUT2D eigenvalue weighted by molar-refractivity contribution is 5.79. The maximum atomic E-state index is 12.3. The van der Waals surface area contributed by atoms with Gasteiger partial charge in [-0.25, -0.2) is 9.67 Å². The van der Waals surface area contributed by atoms with E-state index in [1.54, 1.807) is 11.0 Å². The molecule has 1 aromatic heterocycles. The van der Waals surface area contributed by atoms with Gasteiger partial charge in [-0.3, -0.25) is 4.79 Å². The third-order valence-electron chi connectivity index (χ3n) is 4.41. The van der Waals surface area contributed by atoms with Gasteiger partial charge in [0.05, 0.1) is 11.7 Å². The van der Waals surface area contributed by atoms with Crippen molar-refractivity contribution in [3.8, 4) is 5.69 Å². The van der Waals surface area contributed by atoms with Gasteiger partial charge in [0, 0.05) is 5.92 Å². The third-order valence-corrected chi connectivity index (χ3v) is 4.41. The van der Waals surface area contributed by atoms with E-state index in [0.29, 0.717) is 0 Å². The summed E-state index contributed by atoms with van der Waals surface area (Å²) in [5.74, 6) is 0.401. The monoisotopic (exact) mass is 298 g/mol. The minimum Gasteiger partial charge on any atom is -0.349 e. The van der Waals surface area contributed by atoms with E-state index >= 15 is 0 Å². The first-order chi connectivity index (χ1) is 10.7. The van der Waals surface area contributed by atoms with Crippen LogP contribution in [0.15, 0.2) is 36.9 Å². The van der Waals surface area contributed by atoms with Crippen molar-refractivity contribution in [3.63, 3.8) is 0 Å². The molecule has 2 aromatic rings. The summed E-state index contributed by atoms with van der Waals surface area (Å²) >= 11 is 0. The molecule has 0 radical (unpaired) electrons. The van der Waals surface area contributed by atoms with Crippen molar-refractivity contribution < 1.29 is 4.79 Å². The second-order valence-corrected chi connectivity index (χ2v) is 6.00. The van der Waals surface area contributed by atoms with Gasteiger partial charge in [0.15, 0.2) is 0 Å². The molecule has 0 bridgehead atoms. The summed E-state index contributed by atoms with van der Waals surface area (Å²) in [7, 11) is 0. The molecule has 1 N–H and O–H groups in total. The van der Waals surface area contributed by atoms with Crippen LogP contribution in [0.5, 0.6) is 0 Å². The van der Waals surface area contributed by atoms with E-state index in [0.717, 1.165) is 24.1 Å². The zero-order valence-electron chi connectivity index (χ0n) is 12.9. The summed E-state index contributed by atoms with van der Waals surface area (Å²) in [5, 5.41) is 7.25. The largest absolute Gasteiger partial charge is 0.349 e. The first-order valence-corrected chi connectivity index (χ1v) is 7.99. The summed E-state index contributed by atoms with van der Waals surface area (Å²) in [6.45, 7) is 2.03. The Hall–Kier alpha value is -2.17. The van der Waals surface area contributed by atoms with Crippen LogP contribution in [0.4, 0.5) is 0 Å². The number of rotatable bonds is 4. The molecule has 0 spiro atoms. The topological polar surface area (TPSA) is 59.8 Å². The molecule has 1 aromatic carbocycles. The predicted octanol–water partition coefficient (Wildman–Crippen LogP) is 3.02. The van der Waals surface area contributed by atoms with Gasteiger partial charge < -0.3 is 5.32 Å². The van der Waals surface area contributed by atoms with E-state index in [2.05, 4.69) is 15.4 Å². The molecule has 1 fully saturated rings. The maximum Gasteiger partial charge on any atom is 0.223 e. The van der Waals surface area contributed by atoms with Crippen molar-refractivity contribution in [2.24, 2.45) is 5.92 Å². The van der Waals surface area contributed by atoms with E-state index in [9.17, 15) is 4.79 Å². The summed E-state index contributed by atoms with van der Waals surface area (Å²) in [5.41, 5.74) is 2.07. The molecular formula is C17H22N4O. The zero-order valence-corrected chi connectivity index (χ0v) is 12.9. The second-order valence-electron chi connectivity index (χ2n) is 6.00. The number of aromatic nitrogens is 3. The average Bonchev–Trinajstić information content (AvgIpc) is 3.10. The number of nitrogens with one attached hydrogen (secondary N) is 1. The van der Waals surface area contributed by atoms with Crippen LogP contribution < -0.4 is 5.32 Å². The lowest BCUT2D eigenvalue weighted by Crippen LogP contribution is -2.33. The van der Waals surface area contributed by atoms with Crippen molar-refractivity contribution in [1.82, 2.24) is 20.1 Å². The van der Waals surface area contributed by atoms with Crippen molar-refractivity contribution in [2.75, 3.05) is 0 Å². The standard InChI is InChI=1S/C17H22N4O/c1-13(20-17(22)15-5-3-2-4-6-15)14-7-9-16(10-8-14)21-12-18-11-19-21/h7-13,15H,2-6H2,1H3,(H,20,22)/t13-/m1/s1. The molecule has 0 aliphatic heterocycles. The van der Waals surface area contributed by atoms with Crippen LogP contribution in [0.3, 0.4) is 0 Å². The van der Waals surface area contributed by atoms with E-state index in [4.69, 9.17) is 0 Å². The van der Waals surface area contributed by atoms with Gasteiger partial charge >= 0.3 is 0 Å². The number of hydrogen-bond donors (Lipinski definition) is 1. The molecule has 5 heteroatoms. The molecule has 1 amide bonds. The highest BCUT2D eigenvalue weighted by Gasteiger charge is 2.22. The van der Waals surface area contributed by atoms with Gasteiger partial charge in [0.1, 0.15) is 12.7 Å². The Morgan fingerprint density at radius 2 is 1.95 bits per heavy atom. The molecule has 0 unspecified atom stereocenters. The van der Waals surface area contributed by atoms with Crippen molar-refractivity contribution in [1.29, 1.82) is 0 Å². The van der Waals surface area contributed by atoms with Crippen LogP contribution in [-0.4, -0.2) is 20.7 Å². The summed E-state index contributed by atoms with van der Waals surface area (Å²) < 4.78 is 1.72. The average molecular weight is 298 g/mol. The summed E-state index contributed by atoms with van der Waals surface area (Å²) in [6.07, 6.45) is 8.87.